The second-order valence-corrected chi connectivity index (χ2v) is 13.7. The number of benzene rings is 4. The molecule has 49 heavy (non-hydrogen) atoms. The highest BCUT2D eigenvalue weighted by Crippen LogP contribution is 2.47. The SMILES string of the molecule is CCCCCCCOc1ccccc1[C@H]1N(C(=O)c2ccc([N+](=O)[O-])cc2)N1C(=O)[C@@H](Cc1ccccc1)NS(=O)(=O)c1ccc(C)cc1. The maximum Gasteiger partial charge on any atom is 0.274 e. The van der Waals surface area contributed by atoms with Gasteiger partial charge in [0.2, 0.25) is 10.0 Å². The van der Waals surface area contributed by atoms with E-state index in [-0.39, 0.29) is 22.6 Å². The van der Waals surface area contributed by atoms with Crippen LogP contribution >= 0.6 is 0 Å². The molecule has 1 heterocycles. The number of hydrogen-bond donors (Lipinski definition) is 1. The molecule has 0 bridgehead atoms. The molecule has 2 atom stereocenters. The molecular formula is C37H40N4O7S. The fraction of sp³-hybridized carbons (Fsp3) is 0.297. The Hall–Kier alpha value is -5.07. The predicted molar refractivity (Wildman–Crippen MR) is 185 cm³/mol. The average Bonchev–Trinajstić information content (AvgIpc) is 3.85. The first-order chi connectivity index (χ1) is 23.6. The van der Waals surface area contributed by atoms with Crippen molar-refractivity contribution in [2.75, 3.05) is 6.61 Å². The Morgan fingerprint density at radius 3 is 2.18 bits per heavy atom. The first-order valence-electron chi connectivity index (χ1n) is 16.4. The number of carbonyl (C=O) groups excluding carboxylic acids is 2. The summed E-state index contributed by atoms with van der Waals surface area (Å²) in [6.07, 6.45) is 4.33. The molecule has 0 aromatic heterocycles. The second kappa shape index (κ2) is 15.9. The van der Waals surface area contributed by atoms with Gasteiger partial charge in [-0.1, -0.05) is 98.8 Å². The van der Waals surface area contributed by atoms with E-state index in [1.165, 1.54) is 46.4 Å². The van der Waals surface area contributed by atoms with Gasteiger partial charge in [0.1, 0.15) is 11.8 Å². The van der Waals surface area contributed by atoms with Crippen molar-refractivity contribution in [1.29, 1.82) is 0 Å². The highest BCUT2D eigenvalue weighted by molar-refractivity contribution is 7.89. The van der Waals surface area contributed by atoms with Gasteiger partial charge in [-0.05, 0) is 55.7 Å². The van der Waals surface area contributed by atoms with Gasteiger partial charge in [0.25, 0.3) is 17.5 Å². The van der Waals surface area contributed by atoms with Crippen molar-refractivity contribution in [1.82, 2.24) is 14.7 Å². The molecule has 12 heteroatoms. The van der Waals surface area contributed by atoms with E-state index < -0.39 is 39.0 Å². The van der Waals surface area contributed by atoms with Gasteiger partial charge in [0.05, 0.1) is 16.4 Å². The summed E-state index contributed by atoms with van der Waals surface area (Å²) in [5.41, 5.74) is 2.09. The molecule has 1 fully saturated rings. The lowest BCUT2D eigenvalue weighted by atomic mass is 10.1. The molecule has 0 saturated carbocycles. The van der Waals surface area contributed by atoms with Crippen molar-refractivity contribution in [3.63, 3.8) is 0 Å². The van der Waals surface area contributed by atoms with E-state index in [4.69, 9.17) is 4.74 Å². The van der Waals surface area contributed by atoms with Crippen molar-refractivity contribution >= 4 is 27.5 Å². The summed E-state index contributed by atoms with van der Waals surface area (Å²) >= 11 is 0. The number of nitro benzene ring substituents is 1. The maximum absolute atomic E-state index is 14.5. The maximum atomic E-state index is 14.5. The fourth-order valence-electron chi connectivity index (χ4n) is 5.60. The van der Waals surface area contributed by atoms with Gasteiger partial charge in [-0.15, -0.1) is 0 Å². The number of hydrogen-bond acceptors (Lipinski definition) is 7. The van der Waals surface area contributed by atoms with Crippen molar-refractivity contribution in [3.05, 3.63) is 135 Å². The van der Waals surface area contributed by atoms with Crippen molar-refractivity contribution in [2.24, 2.45) is 0 Å². The Morgan fingerprint density at radius 2 is 1.51 bits per heavy atom. The topological polar surface area (TPSA) is 139 Å². The van der Waals surface area contributed by atoms with Crippen LogP contribution in [0, 0.1) is 17.0 Å². The summed E-state index contributed by atoms with van der Waals surface area (Å²) < 4.78 is 36.0. The normalized spacial score (nSPS) is 14.7. The number of nitro groups is 1. The number of rotatable bonds is 16. The van der Waals surface area contributed by atoms with E-state index in [9.17, 15) is 28.1 Å². The Kier molecular flexibility index (Phi) is 11.4. The first kappa shape index (κ1) is 35.2. The molecule has 4 aromatic carbocycles. The van der Waals surface area contributed by atoms with E-state index >= 15 is 0 Å². The van der Waals surface area contributed by atoms with Crippen LogP contribution in [0.4, 0.5) is 5.69 Å². The summed E-state index contributed by atoms with van der Waals surface area (Å²) in [6, 6.07) is 26.3. The Labute approximate surface area is 286 Å². The first-order valence-corrected chi connectivity index (χ1v) is 17.8. The molecule has 1 aliphatic heterocycles. The number of sulfonamides is 1. The monoisotopic (exact) mass is 684 g/mol. The van der Waals surface area contributed by atoms with Crippen LogP contribution in [0.15, 0.2) is 108 Å². The van der Waals surface area contributed by atoms with Crippen LogP contribution in [-0.2, 0) is 21.2 Å². The molecule has 2 amide bonds. The van der Waals surface area contributed by atoms with E-state index in [0.29, 0.717) is 23.5 Å². The molecule has 1 N–H and O–H groups in total. The van der Waals surface area contributed by atoms with Gasteiger partial charge in [0.15, 0.2) is 6.17 Å². The molecular weight excluding hydrogens is 644 g/mol. The number of carbonyl (C=O) groups is 2. The van der Waals surface area contributed by atoms with Crippen molar-refractivity contribution in [2.45, 2.75) is 69.5 Å². The van der Waals surface area contributed by atoms with Crippen LogP contribution in [0.5, 0.6) is 5.75 Å². The average molecular weight is 685 g/mol. The largest absolute Gasteiger partial charge is 0.493 e. The van der Waals surface area contributed by atoms with Gasteiger partial charge in [-0.3, -0.25) is 19.7 Å². The van der Waals surface area contributed by atoms with Crippen LogP contribution in [-0.4, -0.2) is 47.8 Å². The minimum absolute atomic E-state index is 0.00260. The summed E-state index contributed by atoms with van der Waals surface area (Å²) in [4.78, 5) is 39.1. The third-order valence-electron chi connectivity index (χ3n) is 8.31. The Balaban J connectivity index is 1.48. The lowest BCUT2D eigenvalue weighted by molar-refractivity contribution is -0.384. The number of nitrogens with one attached hydrogen (secondary N) is 1. The lowest BCUT2D eigenvalue weighted by Gasteiger charge is -2.19. The molecule has 0 radical (unpaired) electrons. The molecule has 1 aliphatic rings. The number of amides is 2. The zero-order valence-corrected chi connectivity index (χ0v) is 28.3. The van der Waals surface area contributed by atoms with Gasteiger partial charge in [0, 0.05) is 23.3 Å². The minimum atomic E-state index is -4.15. The number of nitrogens with zero attached hydrogens (tertiary/aromatic N) is 3. The number of ether oxygens (including phenoxy) is 1. The van der Waals surface area contributed by atoms with E-state index in [2.05, 4.69) is 11.6 Å². The van der Waals surface area contributed by atoms with Crippen molar-refractivity contribution < 1.29 is 27.7 Å². The lowest BCUT2D eigenvalue weighted by Crippen LogP contribution is -2.46. The number of non-ortho nitro benzene ring substituents is 1. The Morgan fingerprint density at radius 1 is 0.857 bits per heavy atom. The van der Waals surface area contributed by atoms with E-state index in [0.717, 1.165) is 37.7 Å². The molecule has 1 saturated heterocycles. The van der Waals surface area contributed by atoms with E-state index in [1.54, 1.807) is 60.7 Å². The summed E-state index contributed by atoms with van der Waals surface area (Å²) in [7, 11) is -4.15. The molecule has 4 aromatic rings. The van der Waals surface area contributed by atoms with Gasteiger partial charge in [-0.25, -0.2) is 18.4 Å². The van der Waals surface area contributed by atoms with Crippen LogP contribution in [0.1, 0.15) is 72.2 Å². The number of unbranched alkanes of at least 4 members (excludes halogenated alkanes) is 4. The predicted octanol–water partition coefficient (Wildman–Crippen LogP) is 6.74. The minimum Gasteiger partial charge on any atom is -0.493 e. The zero-order valence-electron chi connectivity index (χ0n) is 27.5. The molecule has 11 nitrogen and oxygen atoms in total. The number of hydrazine groups is 1. The molecule has 256 valence electrons. The van der Waals surface area contributed by atoms with Gasteiger partial charge >= 0.3 is 0 Å². The molecule has 0 aliphatic carbocycles. The second-order valence-electron chi connectivity index (χ2n) is 12.0. The summed E-state index contributed by atoms with van der Waals surface area (Å²) in [5.74, 6) is -0.726. The van der Waals surface area contributed by atoms with Gasteiger partial charge < -0.3 is 4.74 Å². The molecule has 0 unspecified atom stereocenters. The Bertz CT molecular complexity index is 1870. The highest BCUT2D eigenvalue weighted by atomic mass is 32.2. The third kappa shape index (κ3) is 8.70. The quantitative estimate of drug-likeness (QED) is 0.0597. The number of aryl methyl sites for hydroxylation is 1. The summed E-state index contributed by atoms with van der Waals surface area (Å²) in [6.45, 7) is 4.44. The van der Waals surface area contributed by atoms with Crippen LogP contribution in [0.3, 0.4) is 0 Å². The summed E-state index contributed by atoms with van der Waals surface area (Å²) in [5, 5.41) is 13.7. The number of para-hydroxylation sites is 1. The van der Waals surface area contributed by atoms with Crippen LogP contribution in [0.2, 0.25) is 0 Å². The van der Waals surface area contributed by atoms with Crippen LogP contribution < -0.4 is 9.46 Å². The smallest absolute Gasteiger partial charge is 0.274 e. The standard InChI is InChI=1S/C37H40N4O7S/c1-3-4-5-6-12-25-48-34-16-11-10-15-32(34)35-39(36(42)29-19-21-30(22-20-29)41(44)45)40(35)37(43)33(26-28-13-8-7-9-14-28)38-49(46,47)31-23-17-27(2)18-24-31/h7-11,13-24,33,35,38H,3-6,12,25-26H2,1-2H3/t33-,35+,39?,40?/m1/s1. The van der Waals surface area contributed by atoms with Crippen molar-refractivity contribution in [3.8, 4) is 5.75 Å². The van der Waals surface area contributed by atoms with Gasteiger partial charge in [-0.2, -0.15) is 4.72 Å². The fourth-order valence-corrected chi connectivity index (χ4v) is 6.79. The molecule has 0 spiro atoms. The molecule has 5 rings (SSSR count). The zero-order chi connectivity index (χ0) is 35.0. The highest BCUT2D eigenvalue weighted by Gasteiger charge is 2.56. The third-order valence-corrected chi connectivity index (χ3v) is 9.80. The van der Waals surface area contributed by atoms with Crippen LogP contribution in [0.25, 0.3) is 0 Å². The van der Waals surface area contributed by atoms with E-state index in [1.807, 2.05) is 13.0 Å².